The zero-order valence-electron chi connectivity index (χ0n) is 11.2. The van der Waals surface area contributed by atoms with Crippen molar-refractivity contribution in [1.29, 1.82) is 0 Å². The highest BCUT2D eigenvalue weighted by atomic mass is 32.1. The van der Waals surface area contributed by atoms with Crippen LogP contribution < -0.4 is 10.6 Å². The van der Waals surface area contributed by atoms with Gasteiger partial charge in [-0.05, 0) is 43.7 Å². The molecule has 2 aliphatic rings. The standard InChI is InChI=1S/C15H21N3S/c16-15(19)14-13(7-3-9-17-14)18-10-4-8-12(18)11-5-1-2-6-11/h3,7,9,11-12H,1-2,4-6,8,10H2,(H2,16,19). The number of hydrogen-bond acceptors (Lipinski definition) is 3. The van der Waals surface area contributed by atoms with Crippen molar-refractivity contribution in [3.8, 4) is 0 Å². The van der Waals surface area contributed by atoms with Gasteiger partial charge < -0.3 is 10.6 Å². The topological polar surface area (TPSA) is 42.1 Å². The fourth-order valence-electron chi connectivity index (χ4n) is 3.74. The van der Waals surface area contributed by atoms with E-state index in [9.17, 15) is 0 Å². The highest BCUT2D eigenvalue weighted by Gasteiger charge is 2.34. The van der Waals surface area contributed by atoms with Gasteiger partial charge in [0.1, 0.15) is 10.7 Å². The van der Waals surface area contributed by atoms with Crippen molar-refractivity contribution < 1.29 is 0 Å². The van der Waals surface area contributed by atoms with E-state index in [-0.39, 0.29) is 0 Å². The lowest BCUT2D eigenvalue weighted by Crippen LogP contribution is -2.36. The largest absolute Gasteiger partial charge is 0.388 e. The summed E-state index contributed by atoms with van der Waals surface area (Å²) >= 11 is 5.15. The first-order valence-electron chi connectivity index (χ1n) is 7.29. The lowest BCUT2D eigenvalue weighted by molar-refractivity contribution is 0.430. The minimum atomic E-state index is 0.410. The molecule has 102 valence electrons. The lowest BCUT2D eigenvalue weighted by atomic mass is 9.95. The smallest absolute Gasteiger partial charge is 0.124 e. The van der Waals surface area contributed by atoms with E-state index < -0.39 is 0 Å². The fraction of sp³-hybridized carbons (Fsp3) is 0.600. The van der Waals surface area contributed by atoms with Crippen molar-refractivity contribution in [1.82, 2.24) is 4.98 Å². The number of nitrogens with two attached hydrogens (primary N) is 1. The molecule has 0 radical (unpaired) electrons. The molecule has 1 atom stereocenters. The van der Waals surface area contributed by atoms with Gasteiger partial charge in [-0.15, -0.1) is 0 Å². The molecule has 2 fully saturated rings. The minimum Gasteiger partial charge on any atom is -0.388 e. The zero-order valence-corrected chi connectivity index (χ0v) is 12.0. The van der Waals surface area contributed by atoms with Crippen LogP contribution in [-0.2, 0) is 0 Å². The van der Waals surface area contributed by atoms with Crippen LogP contribution in [0.15, 0.2) is 18.3 Å². The van der Waals surface area contributed by atoms with E-state index in [1.54, 1.807) is 6.20 Å². The fourth-order valence-corrected chi connectivity index (χ4v) is 3.90. The van der Waals surface area contributed by atoms with Crippen LogP contribution in [0.25, 0.3) is 0 Å². The predicted octanol–water partition coefficient (Wildman–Crippen LogP) is 2.87. The van der Waals surface area contributed by atoms with Crippen LogP contribution in [-0.4, -0.2) is 22.6 Å². The molecule has 3 nitrogen and oxygen atoms in total. The molecule has 3 rings (SSSR count). The molecule has 2 N–H and O–H groups in total. The second-order valence-electron chi connectivity index (χ2n) is 5.68. The van der Waals surface area contributed by atoms with Crippen molar-refractivity contribution in [2.45, 2.75) is 44.6 Å². The van der Waals surface area contributed by atoms with Crippen LogP contribution >= 0.6 is 12.2 Å². The molecule has 1 aromatic heterocycles. The van der Waals surface area contributed by atoms with Gasteiger partial charge in [0.05, 0.1) is 5.69 Å². The van der Waals surface area contributed by atoms with Crippen LogP contribution in [0.1, 0.15) is 44.2 Å². The van der Waals surface area contributed by atoms with Gasteiger partial charge in [-0.2, -0.15) is 0 Å². The number of nitrogens with zero attached hydrogens (tertiary/aromatic N) is 2. The Labute approximate surface area is 120 Å². The molecule has 1 unspecified atom stereocenters. The average molecular weight is 275 g/mol. The van der Waals surface area contributed by atoms with E-state index in [0.29, 0.717) is 11.0 Å². The van der Waals surface area contributed by atoms with Crippen molar-refractivity contribution in [2.75, 3.05) is 11.4 Å². The van der Waals surface area contributed by atoms with Crippen molar-refractivity contribution in [2.24, 2.45) is 11.7 Å². The highest BCUT2D eigenvalue weighted by Crippen LogP contribution is 2.38. The summed E-state index contributed by atoms with van der Waals surface area (Å²) in [7, 11) is 0. The van der Waals surface area contributed by atoms with E-state index in [4.69, 9.17) is 18.0 Å². The maximum Gasteiger partial charge on any atom is 0.124 e. The minimum absolute atomic E-state index is 0.410. The summed E-state index contributed by atoms with van der Waals surface area (Å²) in [6.45, 7) is 1.11. The van der Waals surface area contributed by atoms with E-state index in [0.717, 1.165) is 23.8 Å². The summed E-state index contributed by atoms with van der Waals surface area (Å²) in [5.41, 5.74) is 7.76. The monoisotopic (exact) mass is 275 g/mol. The third-order valence-electron chi connectivity index (χ3n) is 4.57. The third-order valence-corrected chi connectivity index (χ3v) is 4.77. The Morgan fingerprint density at radius 1 is 1.26 bits per heavy atom. The molecule has 19 heavy (non-hydrogen) atoms. The van der Waals surface area contributed by atoms with Gasteiger partial charge in [-0.1, -0.05) is 25.1 Å². The van der Waals surface area contributed by atoms with Crippen molar-refractivity contribution in [3.05, 3.63) is 24.0 Å². The normalized spacial score (nSPS) is 24.0. The number of pyridine rings is 1. The van der Waals surface area contributed by atoms with E-state index in [1.807, 2.05) is 6.07 Å². The van der Waals surface area contributed by atoms with Gasteiger partial charge in [0.25, 0.3) is 0 Å². The number of hydrogen-bond donors (Lipinski definition) is 1. The third kappa shape index (κ3) is 2.46. The maximum atomic E-state index is 5.82. The Morgan fingerprint density at radius 2 is 2.05 bits per heavy atom. The van der Waals surface area contributed by atoms with Crippen molar-refractivity contribution in [3.63, 3.8) is 0 Å². The van der Waals surface area contributed by atoms with Gasteiger partial charge in [0.15, 0.2) is 0 Å². The molecule has 1 aliphatic heterocycles. The summed E-state index contributed by atoms with van der Waals surface area (Å²) in [6, 6.07) is 4.77. The molecule has 0 amide bonds. The summed E-state index contributed by atoms with van der Waals surface area (Å²) in [4.78, 5) is 7.30. The Bertz CT molecular complexity index is 468. The first-order valence-corrected chi connectivity index (χ1v) is 7.69. The molecule has 1 aromatic rings. The van der Waals surface area contributed by atoms with Crippen LogP contribution in [0, 0.1) is 5.92 Å². The number of rotatable bonds is 3. The Hall–Kier alpha value is -1.16. The summed E-state index contributed by atoms with van der Waals surface area (Å²) < 4.78 is 0. The molecule has 0 bridgehead atoms. The Morgan fingerprint density at radius 3 is 2.79 bits per heavy atom. The molecular weight excluding hydrogens is 254 g/mol. The molecule has 1 saturated carbocycles. The van der Waals surface area contributed by atoms with Gasteiger partial charge in [0, 0.05) is 18.8 Å². The van der Waals surface area contributed by atoms with Crippen LogP contribution in [0.5, 0.6) is 0 Å². The number of thiocarbonyl (C=S) groups is 1. The average Bonchev–Trinajstić information content (AvgIpc) is 3.09. The van der Waals surface area contributed by atoms with Crippen LogP contribution in [0.3, 0.4) is 0 Å². The van der Waals surface area contributed by atoms with Crippen molar-refractivity contribution >= 4 is 22.9 Å². The molecule has 1 saturated heterocycles. The summed E-state index contributed by atoms with van der Waals surface area (Å²) in [5.74, 6) is 0.849. The number of anilines is 1. The van der Waals surface area contributed by atoms with E-state index in [2.05, 4.69) is 16.0 Å². The molecule has 4 heteroatoms. The first kappa shape index (κ1) is 12.9. The maximum absolute atomic E-state index is 5.82. The van der Waals surface area contributed by atoms with E-state index >= 15 is 0 Å². The first-order chi connectivity index (χ1) is 9.27. The zero-order chi connectivity index (χ0) is 13.2. The van der Waals surface area contributed by atoms with Crippen LogP contribution in [0.4, 0.5) is 5.69 Å². The molecule has 0 spiro atoms. The van der Waals surface area contributed by atoms with Gasteiger partial charge in [0.2, 0.25) is 0 Å². The van der Waals surface area contributed by atoms with Crippen LogP contribution in [0.2, 0.25) is 0 Å². The molecule has 0 aromatic carbocycles. The van der Waals surface area contributed by atoms with Gasteiger partial charge in [-0.3, -0.25) is 4.98 Å². The summed E-state index contributed by atoms with van der Waals surface area (Å²) in [6.07, 6.45) is 9.89. The SMILES string of the molecule is NC(=S)c1ncccc1N1CCCC1C1CCCC1. The molecule has 1 aliphatic carbocycles. The Kier molecular flexibility index (Phi) is 3.69. The second kappa shape index (κ2) is 5.45. The predicted molar refractivity (Wildman–Crippen MR) is 82.5 cm³/mol. The Balaban J connectivity index is 1.90. The summed E-state index contributed by atoms with van der Waals surface area (Å²) in [5, 5.41) is 0. The quantitative estimate of drug-likeness (QED) is 0.861. The lowest BCUT2D eigenvalue weighted by Gasteiger charge is -2.32. The number of aromatic nitrogens is 1. The molecule has 2 heterocycles. The van der Waals surface area contributed by atoms with Gasteiger partial charge in [-0.25, -0.2) is 0 Å². The van der Waals surface area contributed by atoms with Gasteiger partial charge >= 0.3 is 0 Å². The second-order valence-corrected chi connectivity index (χ2v) is 6.12. The van der Waals surface area contributed by atoms with E-state index in [1.165, 1.54) is 38.5 Å². The highest BCUT2D eigenvalue weighted by molar-refractivity contribution is 7.80. The molecular formula is C15H21N3S.